The van der Waals surface area contributed by atoms with E-state index in [0.29, 0.717) is 12.5 Å². The summed E-state index contributed by atoms with van der Waals surface area (Å²) in [6, 6.07) is 10.2. The molecule has 3 rings (SSSR count). The van der Waals surface area contributed by atoms with E-state index in [9.17, 15) is 9.90 Å². The van der Waals surface area contributed by atoms with E-state index in [1.807, 2.05) is 18.2 Å². The number of rotatable bonds is 7. The number of hydrogen-bond donors (Lipinski definition) is 1. The highest BCUT2D eigenvalue weighted by atomic mass is 16.5. The Kier molecular flexibility index (Phi) is 4.79. The van der Waals surface area contributed by atoms with E-state index < -0.39 is 11.4 Å². The van der Waals surface area contributed by atoms with E-state index in [1.165, 1.54) is 5.56 Å². The van der Waals surface area contributed by atoms with Gasteiger partial charge in [0.05, 0.1) is 12.0 Å². The zero-order chi connectivity index (χ0) is 15.4. The molecular weight excluding hydrogens is 278 g/mol. The number of fused-ring (bicyclic) bond motifs is 1. The first-order valence-corrected chi connectivity index (χ1v) is 8.28. The van der Waals surface area contributed by atoms with Gasteiger partial charge >= 0.3 is 5.97 Å². The van der Waals surface area contributed by atoms with Crippen molar-refractivity contribution in [3.05, 3.63) is 35.9 Å². The van der Waals surface area contributed by atoms with E-state index in [-0.39, 0.29) is 0 Å². The number of carbonyl (C=O) groups is 1. The number of hydrogen-bond acceptors (Lipinski definition) is 3. The standard InChI is InChI=1S/C18H25NO3/c20-17(21)18-9-4-8-16(18)12-19(14-18)10-5-11-22-13-15-6-2-1-3-7-15/h1-3,6-7,16H,4-5,8-14H2,(H,20,21)/t16-,18+/m0/s1. The zero-order valence-electron chi connectivity index (χ0n) is 13.0. The number of likely N-dealkylation sites (tertiary alicyclic amines) is 1. The van der Waals surface area contributed by atoms with Gasteiger partial charge in [0.2, 0.25) is 0 Å². The number of aliphatic carboxylic acids is 1. The van der Waals surface area contributed by atoms with E-state index in [4.69, 9.17) is 4.74 Å². The van der Waals surface area contributed by atoms with E-state index in [1.54, 1.807) is 0 Å². The molecule has 4 heteroatoms. The number of carboxylic acids is 1. The van der Waals surface area contributed by atoms with Crippen molar-refractivity contribution in [3.63, 3.8) is 0 Å². The summed E-state index contributed by atoms with van der Waals surface area (Å²) in [6.07, 6.45) is 3.97. The molecule has 1 heterocycles. The maximum absolute atomic E-state index is 11.6. The summed E-state index contributed by atoms with van der Waals surface area (Å²) in [6.45, 7) is 4.01. The minimum atomic E-state index is -0.585. The summed E-state index contributed by atoms with van der Waals surface area (Å²) < 4.78 is 5.70. The second-order valence-electron chi connectivity index (χ2n) is 6.68. The number of carboxylic acid groups (broad SMARTS) is 1. The highest BCUT2D eigenvalue weighted by molar-refractivity contribution is 5.76. The number of benzene rings is 1. The predicted molar refractivity (Wildman–Crippen MR) is 84.6 cm³/mol. The van der Waals surface area contributed by atoms with Crippen molar-refractivity contribution in [1.29, 1.82) is 0 Å². The summed E-state index contributed by atoms with van der Waals surface area (Å²) in [5, 5.41) is 9.58. The van der Waals surface area contributed by atoms with Crippen LogP contribution in [0.5, 0.6) is 0 Å². The molecule has 4 nitrogen and oxygen atoms in total. The van der Waals surface area contributed by atoms with Crippen molar-refractivity contribution in [3.8, 4) is 0 Å². The smallest absolute Gasteiger partial charge is 0.311 e. The first-order valence-electron chi connectivity index (χ1n) is 8.28. The molecule has 0 bridgehead atoms. The quantitative estimate of drug-likeness (QED) is 0.787. The lowest BCUT2D eigenvalue weighted by atomic mass is 9.81. The van der Waals surface area contributed by atoms with Gasteiger partial charge in [-0.05, 0) is 30.7 Å². The Morgan fingerprint density at radius 3 is 2.91 bits per heavy atom. The van der Waals surface area contributed by atoms with E-state index in [0.717, 1.165) is 51.9 Å². The van der Waals surface area contributed by atoms with Gasteiger partial charge < -0.3 is 14.7 Å². The molecule has 1 aliphatic carbocycles. The summed E-state index contributed by atoms with van der Waals surface area (Å²) in [5.74, 6) is -0.229. The van der Waals surface area contributed by atoms with Crippen LogP contribution < -0.4 is 0 Å². The van der Waals surface area contributed by atoms with E-state index in [2.05, 4.69) is 17.0 Å². The van der Waals surface area contributed by atoms with Crippen molar-refractivity contribution in [2.45, 2.75) is 32.3 Å². The summed E-state index contributed by atoms with van der Waals surface area (Å²) in [7, 11) is 0. The molecule has 1 saturated carbocycles. The molecule has 0 spiro atoms. The van der Waals surface area contributed by atoms with Crippen LogP contribution >= 0.6 is 0 Å². The molecule has 2 atom stereocenters. The topological polar surface area (TPSA) is 49.8 Å². The Hall–Kier alpha value is -1.39. The van der Waals surface area contributed by atoms with Crippen molar-refractivity contribution in [2.24, 2.45) is 11.3 Å². The molecule has 0 amide bonds. The Morgan fingerprint density at radius 2 is 2.18 bits per heavy atom. The normalized spacial score (nSPS) is 27.9. The summed E-state index contributed by atoms with van der Waals surface area (Å²) in [5.41, 5.74) is 0.744. The third kappa shape index (κ3) is 3.18. The van der Waals surface area contributed by atoms with Crippen LogP contribution in [0.15, 0.2) is 30.3 Å². The van der Waals surface area contributed by atoms with Gasteiger partial charge in [0.15, 0.2) is 0 Å². The van der Waals surface area contributed by atoms with Gasteiger partial charge in [-0.3, -0.25) is 4.79 Å². The van der Waals surface area contributed by atoms with Crippen molar-refractivity contribution >= 4 is 5.97 Å². The molecule has 120 valence electrons. The summed E-state index contributed by atoms with van der Waals surface area (Å²) in [4.78, 5) is 14.0. The lowest BCUT2D eigenvalue weighted by molar-refractivity contribution is -0.149. The van der Waals surface area contributed by atoms with Crippen LogP contribution in [-0.2, 0) is 16.1 Å². The fourth-order valence-corrected chi connectivity index (χ4v) is 4.07. The monoisotopic (exact) mass is 303 g/mol. The average molecular weight is 303 g/mol. The minimum Gasteiger partial charge on any atom is -0.481 e. The van der Waals surface area contributed by atoms with Gasteiger partial charge in [0.25, 0.3) is 0 Å². The third-order valence-corrected chi connectivity index (χ3v) is 5.24. The molecule has 1 aromatic carbocycles. The summed E-state index contributed by atoms with van der Waals surface area (Å²) >= 11 is 0. The maximum Gasteiger partial charge on any atom is 0.311 e. The van der Waals surface area contributed by atoms with Crippen molar-refractivity contribution in [1.82, 2.24) is 4.90 Å². The molecule has 2 fully saturated rings. The minimum absolute atomic E-state index is 0.357. The van der Waals surface area contributed by atoms with Gasteiger partial charge in [-0.2, -0.15) is 0 Å². The van der Waals surface area contributed by atoms with Gasteiger partial charge in [-0.25, -0.2) is 0 Å². The number of nitrogens with zero attached hydrogens (tertiary/aromatic N) is 1. The lowest BCUT2D eigenvalue weighted by Crippen LogP contribution is -2.36. The molecule has 1 N–H and O–H groups in total. The lowest BCUT2D eigenvalue weighted by Gasteiger charge is -2.23. The number of ether oxygens (including phenoxy) is 1. The first kappa shape index (κ1) is 15.5. The molecule has 22 heavy (non-hydrogen) atoms. The fraction of sp³-hybridized carbons (Fsp3) is 0.611. The molecular formula is C18H25NO3. The van der Waals surface area contributed by atoms with Crippen LogP contribution in [0.4, 0.5) is 0 Å². The highest BCUT2D eigenvalue weighted by Gasteiger charge is 2.54. The van der Waals surface area contributed by atoms with Crippen LogP contribution in [0.1, 0.15) is 31.2 Å². The average Bonchev–Trinajstić information content (AvgIpc) is 3.06. The second kappa shape index (κ2) is 6.80. The largest absolute Gasteiger partial charge is 0.481 e. The van der Waals surface area contributed by atoms with Crippen LogP contribution in [0.25, 0.3) is 0 Å². The fourth-order valence-electron chi connectivity index (χ4n) is 4.07. The van der Waals surface area contributed by atoms with Crippen LogP contribution in [-0.4, -0.2) is 42.2 Å². The Bertz CT molecular complexity index is 504. The molecule has 1 saturated heterocycles. The Morgan fingerprint density at radius 1 is 1.36 bits per heavy atom. The van der Waals surface area contributed by atoms with Gasteiger partial charge in [0, 0.05) is 26.2 Å². The molecule has 2 aliphatic rings. The SMILES string of the molecule is O=C(O)[C@@]12CCC[C@H]1CN(CCCOCc1ccccc1)C2. The van der Waals surface area contributed by atoms with Crippen LogP contribution in [0, 0.1) is 11.3 Å². The van der Waals surface area contributed by atoms with Gasteiger partial charge in [-0.1, -0.05) is 36.8 Å². The first-order chi connectivity index (χ1) is 10.7. The van der Waals surface area contributed by atoms with Crippen LogP contribution in [0.2, 0.25) is 0 Å². The van der Waals surface area contributed by atoms with Gasteiger partial charge in [-0.15, -0.1) is 0 Å². The van der Waals surface area contributed by atoms with Crippen LogP contribution in [0.3, 0.4) is 0 Å². The molecule has 1 aromatic rings. The van der Waals surface area contributed by atoms with Crippen molar-refractivity contribution in [2.75, 3.05) is 26.2 Å². The molecule has 0 radical (unpaired) electrons. The zero-order valence-corrected chi connectivity index (χ0v) is 13.0. The Labute approximate surface area is 132 Å². The Balaban J connectivity index is 1.38. The maximum atomic E-state index is 11.6. The molecule has 1 aliphatic heterocycles. The third-order valence-electron chi connectivity index (χ3n) is 5.24. The predicted octanol–water partition coefficient (Wildman–Crippen LogP) is 2.78. The van der Waals surface area contributed by atoms with Crippen molar-refractivity contribution < 1.29 is 14.6 Å². The molecule has 0 aromatic heterocycles. The van der Waals surface area contributed by atoms with E-state index >= 15 is 0 Å². The second-order valence-corrected chi connectivity index (χ2v) is 6.68. The molecule has 0 unspecified atom stereocenters. The highest BCUT2D eigenvalue weighted by Crippen LogP contribution is 2.48. The van der Waals surface area contributed by atoms with Gasteiger partial charge in [0.1, 0.15) is 0 Å².